The zero-order valence-electron chi connectivity index (χ0n) is 8.62. The van der Waals surface area contributed by atoms with Crippen LogP contribution in [0.3, 0.4) is 0 Å². The highest BCUT2D eigenvalue weighted by Crippen LogP contribution is 2.04. The van der Waals surface area contributed by atoms with Gasteiger partial charge in [-0.3, -0.25) is 10.2 Å². The standard InChI is InChI=1S/C11H14N2O2/c1-2-15-7-10(14)8-3-5-9(6-4-8)11(12)13/h3-6H,2,7H2,1H3,(H3,12,13). The summed E-state index contributed by atoms with van der Waals surface area (Å²) >= 11 is 0. The number of benzene rings is 1. The molecule has 0 heterocycles. The fraction of sp³-hybridized carbons (Fsp3) is 0.273. The first kappa shape index (κ1) is 11.4. The molecule has 0 atom stereocenters. The summed E-state index contributed by atoms with van der Waals surface area (Å²) < 4.78 is 5.01. The van der Waals surface area contributed by atoms with Crippen LogP contribution in [0.2, 0.25) is 0 Å². The summed E-state index contributed by atoms with van der Waals surface area (Å²) in [6, 6.07) is 6.61. The third-order valence-corrected chi connectivity index (χ3v) is 1.96. The maximum atomic E-state index is 11.5. The predicted octanol–water partition coefficient (Wildman–Crippen LogP) is 1.19. The zero-order valence-corrected chi connectivity index (χ0v) is 8.62. The fourth-order valence-electron chi connectivity index (χ4n) is 1.11. The van der Waals surface area contributed by atoms with Crippen molar-refractivity contribution in [2.24, 2.45) is 5.73 Å². The minimum absolute atomic E-state index is 0.00110. The number of carbonyl (C=O) groups excluding carboxylic acids is 1. The first-order valence-electron chi connectivity index (χ1n) is 4.70. The van der Waals surface area contributed by atoms with Gasteiger partial charge in [0, 0.05) is 17.7 Å². The zero-order chi connectivity index (χ0) is 11.3. The van der Waals surface area contributed by atoms with Crippen LogP contribution in [-0.2, 0) is 4.74 Å². The van der Waals surface area contributed by atoms with Gasteiger partial charge in [0.25, 0.3) is 0 Å². The molecule has 0 radical (unpaired) electrons. The van der Waals surface area contributed by atoms with Gasteiger partial charge in [-0.2, -0.15) is 0 Å². The summed E-state index contributed by atoms with van der Waals surface area (Å²) in [6.45, 7) is 2.46. The number of nitrogens with one attached hydrogen (secondary N) is 1. The van der Waals surface area contributed by atoms with Crippen molar-refractivity contribution in [2.75, 3.05) is 13.2 Å². The van der Waals surface area contributed by atoms with Gasteiger partial charge in [-0.05, 0) is 6.92 Å². The van der Waals surface area contributed by atoms with E-state index in [0.29, 0.717) is 17.7 Å². The van der Waals surface area contributed by atoms with Crippen molar-refractivity contribution in [3.8, 4) is 0 Å². The molecule has 0 aromatic heterocycles. The molecule has 0 unspecified atom stereocenters. The Hall–Kier alpha value is -1.68. The van der Waals surface area contributed by atoms with Crippen LogP contribution in [0.1, 0.15) is 22.8 Å². The lowest BCUT2D eigenvalue weighted by atomic mass is 10.1. The Kier molecular flexibility index (Phi) is 4.00. The third-order valence-electron chi connectivity index (χ3n) is 1.96. The number of carbonyl (C=O) groups is 1. The van der Waals surface area contributed by atoms with Crippen molar-refractivity contribution in [3.63, 3.8) is 0 Å². The van der Waals surface area contributed by atoms with E-state index < -0.39 is 0 Å². The van der Waals surface area contributed by atoms with E-state index >= 15 is 0 Å². The van der Waals surface area contributed by atoms with Gasteiger partial charge < -0.3 is 10.5 Å². The Morgan fingerprint density at radius 1 is 1.33 bits per heavy atom. The van der Waals surface area contributed by atoms with Crippen LogP contribution >= 0.6 is 0 Å². The third kappa shape index (κ3) is 3.18. The normalized spacial score (nSPS) is 9.93. The number of nitrogen functional groups attached to an aromatic ring is 1. The molecular formula is C11H14N2O2. The van der Waals surface area contributed by atoms with Gasteiger partial charge in [0.2, 0.25) is 0 Å². The van der Waals surface area contributed by atoms with Crippen LogP contribution < -0.4 is 5.73 Å². The molecule has 80 valence electrons. The molecule has 0 saturated carbocycles. The molecule has 3 N–H and O–H groups in total. The Bertz CT molecular complexity index is 357. The number of hydrogen-bond acceptors (Lipinski definition) is 3. The van der Waals surface area contributed by atoms with Crippen molar-refractivity contribution in [1.82, 2.24) is 0 Å². The van der Waals surface area contributed by atoms with Crippen LogP contribution in [-0.4, -0.2) is 24.8 Å². The quantitative estimate of drug-likeness (QED) is 0.431. The van der Waals surface area contributed by atoms with Crippen molar-refractivity contribution >= 4 is 11.6 Å². The number of hydrogen-bond donors (Lipinski definition) is 2. The van der Waals surface area contributed by atoms with Gasteiger partial charge in [-0.1, -0.05) is 24.3 Å². The minimum Gasteiger partial charge on any atom is -0.384 e. The highest BCUT2D eigenvalue weighted by molar-refractivity contribution is 5.99. The molecule has 15 heavy (non-hydrogen) atoms. The second kappa shape index (κ2) is 5.26. The summed E-state index contributed by atoms with van der Waals surface area (Å²) in [4.78, 5) is 11.5. The molecule has 0 aliphatic carbocycles. The SMILES string of the molecule is CCOCC(=O)c1ccc(C(=N)N)cc1. The molecule has 0 amide bonds. The number of ether oxygens (including phenoxy) is 1. The minimum atomic E-state index is -0.0630. The van der Waals surface area contributed by atoms with E-state index in [1.807, 2.05) is 6.92 Å². The van der Waals surface area contributed by atoms with Crippen LogP contribution in [0.4, 0.5) is 0 Å². The van der Waals surface area contributed by atoms with Crippen molar-refractivity contribution in [1.29, 1.82) is 5.41 Å². The average molecular weight is 206 g/mol. The Balaban J connectivity index is 2.71. The maximum Gasteiger partial charge on any atom is 0.188 e. The van der Waals surface area contributed by atoms with Crippen LogP contribution in [0.15, 0.2) is 24.3 Å². The van der Waals surface area contributed by atoms with Crippen molar-refractivity contribution < 1.29 is 9.53 Å². The van der Waals surface area contributed by atoms with E-state index in [4.69, 9.17) is 15.9 Å². The van der Waals surface area contributed by atoms with Crippen LogP contribution in [0.25, 0.3) is 0 Å². The van der Waals surface area contributed by atoms with Gasteiger partial charge >= 0.3 is 0 Å². The van der Waals surface area contributed by atoms with Gasteiger partial charge in [-0.25, -0.2) is 0 Å². The number of nitrogens with two attached hydrogens (primary N) is 1. The van der Waals surface area contributed by atoms with Gasteiger partial charge in [0.15, 0.2) is 5.78 Å². The molecule has 0 fully saturated rings. The topological polar surface area (TPSA) is 76.2 Å². The highest BCUT2D eigenvalue weighted by Gasteiger charge is 2.05. The molecule has 0 aliphatic heterocycles. The molecule has 4 heteroatoms. The molecule has 0 bridgehead atoms. The van der Waals surface area contributed by atoms with Crippen molar-refractivity contribution in [3.05, 3.63) is 35.4 Å². The number of Topliss-reactive ketones (excluding diaryl/α,β-unsaturated/α-hetero) is 1. The summed E-state index contributed by atoms with van der Waals surface area (Å²) in [5.74, 6) is -0.0641. The highest BCUT2D eigenvalue weighted by atomic mass is 16.5. The largest absolute Gasteiger partial charge is 0.384 e. The Morgan fingerprint density at radius 2 is 1.87 bits per heavy atom. The van der Waals surface area contributed by atoms with E-state index in [2.05, 4.69) is 0 Å². The molecule has 0 spiro atoms. The fourth-order valence-corrected chi connectivity index (χ4v) is 1.11. The molecule has 4 nitrogen and oxygen atoms in total. The first-order valence-corrected chi connectivity index (χ1v) is 4.70. The molecule has 1 aromatic carbocycles. The first-order chi connectivity index (χ1) is 7.15. The second-order valence-electron chi connectivity index (χ2n) is 3.05. The van der Waals surface area contributed by atoms with E-state index in [-0.39, 0.29) is 18.2 Å². The molecule has 0 aliphatic rings. The van der Waals surface area contributed by atoms with E-state index in [1.165, 1.54) is 0 Å². The van der Waals surface area contributed by atoms with Gasteiger partial charge in [0.1, 0.15) is 12.4 Å². The summed E-state index contributed by atoms with van der Waals surface area (Å²) in [7, 11) is 0. The van der Waals surface area contributed by atoms with Gasteiger partial charge in [-0.15, -0.1) is 0 Å². The van der Waals surface area contributed by atoms with Crippen LogP contribution in [0, 0.1) is 5.41 Å². The number of rotatable bonds is 5. The lowest BCUT2D eigenvalue weighted by Gasteiger charge is -2.02. The molecule has 0 saturated heterocycles. The maximum absolute atomic E-state index is 11.5. The summed E-state index contributed by atoms with van der Waals surface area (Å²) in [5, 5.41) is 7.19. The lowest BCUT2D eigenvalue weighted by Crippen LogP contribution is -2.12. The molecular weight excluding hydrogens is 192 g/mol. The van der Waals surface area contributed by atoms with Gasteiger partial charge in [0.05, 0.1) is 0 Å². The Labute approximate surface area is 88.6 Å². The van der Waals surface area contributed by atoms with E-state index in [9.17, 15) is 4.79 Å². The van der Waals surface area contributed by atoms with Crippen LogP contribution in [0.5, 0.6) is 0 Å². The van der Waals surface area contributed by atoms with E-state index in [0.717, 1.165) is 0 Å². The summed E-state index contributed by atoms with van der Waals surface area (Å²) in [5.41, 5.74) is 6.48. The smallest absolute Gasteiger partial charge is 0.188 e. The lowest BCUT2D eigenvalue weighted by molar-refractivity contribution is 0.0783. The van der Waals surface area contributed by atoms with E-state index in [1.54, 1.807) is 24.3 Å². The molecule has 1 aromatic rings. The number of ketones is 1. The average Bonchev–Trinajstić information content (AvgIpc) is 2.26. The number of amidine groups is 1. The summed E-state index contributed by atoms with van der Waals surface area (Å²) in [6.07, 6.45) is 0. The predicted molar refractivity (Wildman–Crippen MR) is 58.3 cm³/mol. The van der Waals surface area contributed by atoms with Crippen molar-refractivity contribution in [2.45, 2.75) is 6.92 Å². The monoisotopic (exact) mass is 206 g/mol. The molecule has 1 rings (SSSR count). The second-order valence-corrected chi connectivity index (χ2v) is 3.05. The Morgan fingerprint density at radius 3 is 2.33 bits per heavy atom.